The summed E-state index contributed by atoms with van der Waals surface area (Å²) in [5.41, 5.74) is 2.76. The van der Waals surface area contributed by atoms with E-state index in [1.165, 1.54) is 0 Å². The number of carbonyl (C=O) groups is 1. The number of benzene rings is 2. The van der Waals surface area contributed by atoms with E-state index >= 15 is 0 Å². The van der Waals surface area contributed by atoms with Crippen LogP contribution in [0.5, 0.6) is 0 Å². The molecule has 1 fully saturated rings. The van der Waals surface area contributed by atoms with Crippen molar-refractivity contribution in [1.29, 1.82) is 0 Å². The van der Waals surface area contributed by atoms with E-state index in [4.69, 9.17) is 14.6 Å². The summed E-state index contributed by atoms with van der Waals surface area (Å²) in [6.45, 7) is 3.06. The van der Waals surface area contributed by atoms with Crippen molar-refractivity contribution >= 4 is 34.5 Å². The van der Waals surface area contributed by atoms with E-state index in [9.17, 15) is 13.2 Å². The molecule has 2 aromatic carbocycles. The minimum absolute atomic E-state index is 0.571. The third-order valence-corrected chi connectivity index (χ3v) is 4.89. The number of carboxylic acids is 1. The van der Waals surface area contributed by atoms with E-state index in [0.717, 1.165) is 41.3 Å². The van der Waals surface area contributed by atoms with Crippen LogP contribution >= 0.6 is 0 Å². The quantitative estimate of drug-likeness (QED) is 0.446. The highest BCUT2D eigenvalue weighted by molar-refractivity contribution is 5.78. The Balaban J connectivity index is 0.000000364. The lowest BCUT2D eigenvalue weighted by atomic mass is 10.2. The zero-order chi connectivity index (χ0) is 24.8. The maximum absolute atomic E-state index is 10.6. The summed E-state index contributed by atoms with van der Waals surface area (Å²) in [6.07, 6.45) is -1.53. The van der Waals surface area contributed by atoms with Gasteiger partial charge >= 0.3 is 12.1 Å². The van der Waals surface area contributed by atoms with Crippen LogP contribution in [-0.2, 0) is 9.53 Å². The SMILES string of the molecule is O=C(O)C(F)(F)F.c1ccc2nc(Nc3ccc(-n4cnc(N5CCOCC5)n4)cc3)ncc2c1. The maximum atomic E-state index is 10.6. The highest BCUT2D eigenvalue weighted by atomic mass is 19.4. The Morgan fingerprint density at radius 1 is 1.03 bits per heavy atom. The molecule has 182 valence electrons. The third-order valence-electron chi connectivity index (χ3n) is 4.89. The predicted octanol–water partition coefficient (Wildman–Crippen LogP) is 3.42. The zero-order valence-electron chi connectivity index (χ0n) is 18.2. The number of halogens is 3. The van der Waals surface area contributed by atoms with Crippen molar-refractivity contribution in [3.05, 3.63) is 61.1 Å². The van der Waals surface area contributed by atoms with Crippen molar-refractivity contribution in [3.63, 3.8) is 0 Å². The number of para-hydroxylation sites is 1. The van der Waals surface area contributed by atoms with Gasteiger partial charge in [0, 0.05) is 30.4 Å². The molecule has 0 bridgehead atoms. The average Bonchev–Trinajstić information content (AvgIpc) is 3.35. The predicted molar refractivity (Wildman–Crippen MR) is 121 cm³/mol. The number of alkyl halides is 3. The Morgan fingerprint density at radius 3 is 2.40 bits per heavy atom. The first-order chi connectivity index (χ1) is 16.8. The second-order valence-electron chi connectivity index (χ2n) is 7.32. The number of rotatable bonds is 4. The summed E-state index contributed by atoms with van der Waals surface area (Å²) >= 11 is 0. The normalized spacial score (nSPS) is 13.7. The Morgan fingerprint density at radius 2 is 1.71 bits per heavy atom. The van der Waals surface area contributed by atoms with Crippen LogP contribution < -0.4 is 10.2 Å². The number of carboxylic acid groups (broad SMARTS) is 1. The van der Waals surface area contributed by atoms with E-state index in [0.29, 0.717) is 19.2 Å². The molecule has 10 nitrogen and oxygen atoms in total. The summed E-state index contributed by atoms with van der Waals surface area (Å²) in [5.74, 6) is -1.45. The summed E-state index contributed by atoms with van der Waals surface area (Å²) in [7, 11) is 0. The lowest BCUT2D eigenvalue weighted by Gasteiger charge is -2.25. The number of morpholine rings is 1. The molecule has 2 N–H and O–H groups in total. The van der Waals surface area contributed by atoms with Crippen molar-refractivity contribution in [3.8, 4) is 5.69 Å². The van der Waals surface area contributed by atoms with Crippen LogP contribution in [0.2, 0.25) is 0 Å². The van der Waals surface area contributed by atoms with Gasteiger partial charge in [-0.1, -0.05) is 18.2 Å². The molecule has 0 radical (unpaired) electrons. The van der Waals surface area contributed by atoms with Crippen LogP contribution in [0.4, 0.5) is 30.8 Å². The number of aliphatic carboxylic acids is 1. The molecule has 0 aliphatic carbocycles. The highest BCUT2D eigenvalue weighted by Crippen LogP contribution is 2.19. The number of fused-ring (bicyclic) bond motifs is 1. The van der Waals surface area contributed by atoms with E-state index < -0.39 is 12.1 Å². The number of nitrogens with zero attached hydrogens (tertiary/aromatic N) is 6. The van der Waals surface area contributed by atoms with E-state index in [-0.39, 0.29) is 0 Å². The van der Waals surface area contributed by atoms with Crippen LogP contribution in [0.3, 0.4) is 0 Å². The first-order valence-electron chi connectivity index (χ1n) is 10.4. The van der Waals surface area contributed by atoms with Crippen LogP contribution in [-0.4, -0.2) is 68.3 Å². The molecule has 3 heterocycles. The molecule has 1 saturated heterocycles. The van der Waals surface area contributed by atoms with Crippen LogP contribution in [0.25, 0.3) is 16.6 Å². The Labute approximate surface area is 197 Å². The molecule has 0 atom stereocenters. The molecule has 0 spiro atoms. The molecule has 13 heteroatoms. The van der Waals surface area contributed by atoms with E-state index in [1.807, 2.05) is 54.7 Å². The van der Waals surface area contributed by atoms with Gasteiger partial charge in [0.2, 0.25) is 11.9 Å². The number of nitrogens with one attached hydrogen (secondary N) is 1. The fourth-order valence-electron chi connectivity index (χ4n) is 3.15. The van der Waals surface area contributed by atoms with Gasteiger partial charge in [-0.2, -0.15) is 18.2 Å². The fraction of sp³-hybridized carbons (Fsp3) is 0.227. The Hall–Kier alpha value is -4.26. The third kappa shape index (κ3) is 6.20. The Kier molecular flexibility index (Phi) is 7.06. The molecule has 1 aliphatic rings. The summed E-state index contributed by atoms with van der Waals surface area (Å²) < 4.78 is 38.9. The smallest absolute Gasteiger partial charge is 0.475 e. The summed E-state index contributed by atoms with van der Waals surface area (Å²) in [6, 6.07) is 15.8. The first-order valence-corrected chi connectivity index (χ1v) is 10.4. The van der Waals surface area contributed by atoms with Crippen molar-refractivity contribution in [2.24, 2.45) is 0 Å². The number of ether oxygens (including phenoxy) is 1. The number of anilines is 3. The van der Waals surface area contributed by atoms with Gasteiger partial charge in [0.25, 0.3) is 0 Å². The molecule has 5 rings (SSSR count). The summed E-state index contributed by atoms with van der Waals surface area (Å²) in [5, 5.41) is 16.0. The van der Waals surface area contributed by atoms with Gasteiger partial charge in [-0.05, 0) is 30.3 Å². The van der Waals surface area contributed by atoms with Gasteiger partial charge in [0.05, 0.1) is 24.4 Å². The van der Waals surface area contributed by atoms with E-state index in [2.05, 4.69) is 30.3 Å². The van der Waals surface area contributed by atoms with Crippen molar-refractivity contribution < 1.29 is 27.8 Å². The largest absolute Gasteiger partial charge is 0.490 e. The van der Waals surface area contributed by atoms with Gasteiger partial charge in [-0.25, -0.2) is 19.4 Å². The van der Waals surface area contributed by atoms with Crippen LogP contribution in [0, 0.1) is 0 Å². The molecule has 35 heavy (non-hydrogen) atoms. The Bertz CT molecular complexity index is 1290. The number of hydrogen-bond donors (Lipinski definition) is 2. The number of hydrogen-bond acceptors (Lipinski definition) is 8. The molecular weight excluding hydrogens is 467 g/mol. The fourth-order valence-corrected chi connectivity index (χ4v) is 3.15. The highest BCUT2D eigenvalue weighted by Gasteiger charge is 2.38. The second kappa shape index (κ2) is 10.3. The second-order valence-corrected chi connectivity index (χ2v) is 7.32. The minimum Gasteiger partial charge on any atom is -0.475 e. The van der Waals surface area contributed by atoms with Crippen LogP contribution in [0.15, 0.2) is 61.1 Å². The number of aromatic nitrogens is 5. The van der Waals surface area contributed by atoms with Gasteiger partial charge in [0.15, 0.2) is 0 Å². The molecule has 0 unspecified atom stereocenters. The molecule has 1 aliphatic heterocycles. The van der Waals surface area contributed by atoms with Crippen molar-refractivity contribution in [2.45, 2.75) is 6.18 Å². The lowest BCUT2D eigenvalue weighted by Crippen LogP contribution is -2.37. The van der Waals surface area contributed by atoms with Gasteiger partial charge in [-0.15, -0.1) is 5.10 Å². The first kappa shape index (κ1) is 23.9. The molecule has 0 amide bonds. The van der Waals surface area contributed by atoms with Crippen molar-refractivity contribution in [2.75, 3.05) is 36.5 Å². The van der Waals surface area contributed by atoms with Crippen LogP contribution in [0.1, 0.15) is 0 Å². The van der Waals surface area contributed by atoms with Gasteiger partial charge in [0.1, 0.15) is 6.33 Å². The lowest BCUT2D eigenvalue weighted by molar-refractivity contribution is -0.192. The molecule has 4 aromatic rings. The maximum Gasteiger partial charge on any atom is 0.490 e. The van der Waals surface area contributed by atoms with Crippen molar-refractivity contribution in [1.82, 2.24) is 24.7 Å². The average molecular weight is 487 g/mol. The van der Waals surface area contributed by atoms with Gasteiger partial charge < -0.3 is 20.1 Å². The standard InChI is InChI=1S/C20H19N7O.C2HF3O2/c1-2-4-18-15(3-1)13-21-19(24-18)23-16-5-7-17(8-6-16)27-14-22-20(25-27)26-9-11-28-12-10-26;3-2(4,5)1(6)7/h1-8,13-14H,9-12H2,(H,21,23,24);(H,6,7). The topological polar surface area (TPSA) is 118 Å². The molecule has 2 aromatic heterocycles. The monoisotopic (exact) mass is 487 g/mol. The minimum atomic E-state index is -5.08. The molecular formula is C22H20F3N7O3. The van der Waals surface area contributed by atoms with E-state index in [1.54, 1.807) is 11.0 Å². The molecule has 0 saturated carbocycles. The summed E-state index contributed by atoms with van der Waals surface area (Å²) in [4.78, 5) is 24.4. The zero-order valence-corrected chi connectivity index (χ0v) is 18.2. The van der Waals surface area contributed by atoms with Gasteiger partial charge in [-0.3, -0.25) is 0 Å².